The lowest BCUT2D eigenvalue weighted by Gasteiger charge is -2.32. The first-order valence-corrected chi connectivity index (χ1v) is 9.14. The minimum atomic E-state index is -0.681. The molecule has 1 aliphatic rings. The summed E-state index contributed by atoms with van der Waals surface area (Å²) in [5, 5.41) is 2.84. The Kier molecular flexibility index (Phi) is 6.08. The third-order valence-electron chi connectivity index (χ3n) is 4.63. The van der Waals surface area contributed by atoms with Gasteiger partial charge in [-0.2, -0.15) is 0 Å². The second-order valence-corrected chi connectivity index (χ2v) is 6.70. The largest absolute Gasteiger partial charge is 0.481 e. The van der Waals surface area contributed by atoms with Crippen molar-refractivity contribution in [3.05, 3.63) is 60.2 Å². The Morgan fingerprint density at radius 1 is 0.963 bits per heavy atom. The van der Waals surface area contributed by atoms with Crippen molar-refractivity contribution in [2.45, 2.75) is 13.0 Å². The zero-order valence-corrected chi connectivity index (χ0v) is 15.7. The molecule has 3 rings (SSSR count). The van der Waals surface area contributed by atoms with Crippen molar-refractivity contribution >= 4 is 17.5 Å². The monoisotopic (exact) mass is 367 g/mol. The normalized spacial score (nSPS) is 15.9. The van der Waals surface area contributed by atoms with Crippen LogP contribution in [0.1, 0.15) is 17.3 Å². The average molecular weight is 367 g/mol. The number of likely N-dealkylation sites (N-methyl/N-ethyl adjacent to an activating group) is 1. The molecule has 0 radical (unpaired) electrons. The van der Waals surface area contributed by atoms with E-state index >= 15 is 0 Å². The van der Waals surface area contributed by atoms with E-state index in [0.29, 0.717) is 30.1 Å². The van der Waals surface area contributed by atoms with Gasteiger partial charge in [0, 0.05) is 26.2 Å². The zero-order valence-electron chi connectivity index (χ0n) is 15.7. The maximum atomic E-state index is 12.9. The highest BCUT2D eigenvalue weighted by atomic mass is 16.5. The number of amides is 2. The molecule has 1 unspecified atom stereocenters. The van der Waals surface area contributed by atoms with Crippen molar-refractivity contribution in [2.75, 3.05) is 38.5 Å². The third kappa shape index (κ3) is 4.86. The molecule has 1 N–H and O–H groups in total. The highest BCUT2D eigenvalue weighted by Crippen LogP contribution is 2.19. The van der Waals surface area contributed by atoms with E-state index in [1.54, 1.807) is 37.3 Å². The number of rotatable bonds is 5. The van der Waals surface area contributed by atoms with Gasteiger partial charge in [0.1, 0.15) is 5.75 Å². The van der Waals surface area contributed by atoms with Crippen LogP contribution in [-0.2, 0) is 4.79 Å². The Bertz CT molecular complexity index is 786. The lowest BCUT2D eigenvalue weighted by Crippen LogP contribution is -2.47. The summed E-state index contributed by atoms with van der Waals surface area (Å²) in [6.45, 7) is 4.76. The summed E-state index contributed by atoms with van der Waals surface area (Å²) in [6.07, 6.45) is -0.681. The molecule has 142 valence electrons. The van der Waals surface area contributed by atoms with Gasteiger partial charge < -0.3 is 19.9 Å². The second-order valence-electron chi connectivity index (χ2n) is 6.70. The van der Waals surface area contributed by atoms with Crippen molar-refractivity contribution in [3.8, 4) is 5.75 Å². The van der Waals surface area contributed by atoms with Crippen LogP contribution in [0.4, 0.5) is 5.69 Å². The maximum absolute atomic E-state index is 12.9. The van der Waals surface area contributed by atoms with E-state index in [4.69, 9.17) is 4.74 Å². The Labute approximate surface area is 159 Å². The number of hydrogen-bond acceptors (Lipinski definition) is 4. The number of ether oxygens (including phenoxy) is 1. The molecule has 1 atom stereocenters. The van der Waals surface area contributed by atoms with E-state index < -0.39 is 6.10 Å². The van der Waals surface area contributed by atoms with Crippen LogP contribution < -0.4 is 10.1 Å². The van der Waals surface area contributed by atoms with Crippen LogP contribution in [0.25, 0.3) is 0 Å². The SMILES string of the molecule is CC(Oc1ccccc1)C(=O)Nc1ccccc1C(=O)N1CCN(C)CC1. The molecule has 2 aromatic carbocycles. The molecule has 1 saturated heterocycles. The van der Waals surface area contributed by atoms with Crippen LogP contribution in [0, 0.1) is 0 Å². The number of para-hydroxylation sites is 2. The number of nitrogens with zero attached hydrogens (tertiary/aromatic N) is 2. The Morgan fingerprint density at radius 3 is 2.30 bits per heavy atom. The Morgan fingerprint density at radius 2 is 1.59 bits per heavy atom. The van der Waals surface area contributed by atoms with Gasteiger partial charge >= 0.3 is 0 Å². The molecule has 0 aliphatic carbocycles. The molecule has 1 heterocycles. The van der Waals surface area contributed by atoms with Crippen molar-refractivity contribution in [2.24, 2.45) is 0 Å². The fourth-order valence-electron chi connectivity index (χ4n) is 2.95. The predicted molar refractivity (Wildman–Crippen MR) is 105 cm³/mol. The first kappa shape index (κ1) is 18.9. The van der Waals surface area contributed by atoms with Crippen molar-refractivity contribution in [1.29, 1.82) is 0 Å². The standard InChI is InChI=1S/C21H25N3O3/c1-16(27-17-8-4-3-5-9-17)20(25)22-19-11-7-6-10-18(19)21(26)24-14-12-23(2)13-15-24/h3-11,16H,12-15H2,1-2H3,(H,22,25). The van der Waals surface area contributed by atoms with Crippen molar-refractivity contribution in [3.63, 3.8) is 0 Å². The van der Waals surface area contributed by atoms with E-state index in [-0.39, 0.29) is 11.8 Å². The van der Waals surface area contributed by atoms with E-state index in [1.807, 2.05) is 36.2 Å². The van der Waals surface area contributed by atoms with Gasteiger partial charge in [-0.1, -0.05) is 30.3 Å². The van der Waals surface area contributed by atoms with Crippen molar-refractivity contribution < 1.29 is 14.3 Å². The van der Waals surface area contributed by atoms with Crippen LogP contribution in [0.3, 0.4) is 0 Å². The van der Waals surface area contributed by atoms with E-state index in [9.17, 15) is 9.59 Å². The van der Waals surface area contributed by atoms with E-state index in [0.717, 1.165) is 13.1 Å². The predicted octanol–water partition coefficient (Wildman–Crippen LogP) is 2.48. The molecule has 6 heteroatoms. The van der Waals surface area contributed by atoms with Gasteiger partial charge in [0.05, 0.1) is 11.3 Å². The number of nitrogens with one attached hydrogen (secondary N) is 1. The fourth-order valence-corrected chi connectivity index (χ4v) is 2.95. The summed E-state index contributed by atoms with van der Waals surface area (Å²) < 4.78 is 5.66. The third-order valence-corrected chi connectivity index (χ3v) is 4.63. The fraction of sp³-hybridized carbons (Fsp3) is 0.333. The van der Waals surface area contributed by atoms with Gasteiger partial charge in [-0.3, -0.25) is 9.59 Å². The molecule has 6 nitrogen and oxygen atoms in total. The lowest BCUT2D eigenvalue weighted by atomic mass is 10.1. The minimum absolute atomic E-state index is 0.0596. The summed E-state index contributed by atoms with van der Waals surface area (Å²) in [4.78, 5) is 29.5. The molecule has 0 saturated carbocycles. The van der Waals surface area contributed by atoms with Crippen molar-refractivity contribution in [1.82, 2.24) is 9.80 Å². The summed E-state index contributed by atoms with van der Waals surface area (Å²) in [5.41, 5.74) is 1.01. The molecular formula is C21H25N3O3. The molecular weight excluding hydrogens is 342 g/mol. The number of hydrogen-bond donors (Lipinski definition) is 1. The molecule has 0 spiro atoms. The number of benzene rings is 2. The molecule has 2 amide bonds. The van der Waals surface area contributed by atoms with Gasteiger partial charge in [-0.05, 0) is 38.2 Å². The molecule has 1 fully saturated rings. The van der Waals surface area contributed by atoms with Gasteiger partial charge in [-0.15, -0.1) is 0 Å². The average Bonchev–Trinajstić information content (AvgIpc) is 2.69. The minimum Gasteiger partial charge on any atom is -0.481 e. The van der Waals surface area contributed by atoms with Crippen LogP contribution in [0.15, 0.2) is 54.6 Å². The number of carbonyl (C=O) groups is 2. The van der Waals surface area contributed by atoms with Gasteiger partial charge in [-0.25, -0.2) is 0 Å². The Balaban J connectivity index is 1.68. The molecule has 0 aromatic heterocycles. The summed E-state index contributed by atoms with van der Waals surface area (Å²) in [7, 11) is 2.05. The topological polar surface area (TPSA) is 61.9 Å². The summed E-state index contributed by atoms with van der Waals surface area (Å²) in [5.74, 6) is 0.273. The summed E-state index contributed by atoms with van der Waals surface area (Å²) in [6, 6.07) is 16.3. The zero-order chi connectivity index (χ0) is 19.2. The highest BCUT2D eigenvalue weighted by molar-refractivity contribution is 6.04. The Hall–Kier alpha value is -2.86. The first-order valence-electron chi connectivity index (χ1n) is 9.14. The molecule has 27 heavy (non-hydrogen) atoms. The van der Waals surface area contributed by atoms with Crippen LogP contribution in [0.5, 0.6) is 5.75 Å². The number of carbonyl (C=O) groups excluding carboxylic acids is 2. The maximum Gasteiger partial charge on any atom is 0.265 e. The van der Waals surface area contributed by atoms with Crippen LogP contribution in [-0.4, -0.2) is 60.9 Å². The van der Waals surface area contributed by atoms with Gasteiger partial charge in [0.15, 0.2) is 6.10 Å². The van der Waals surface area contributed by atoms with Gasteiger partial charge in [0.2, 0.25) is 0 Å². The summed E-state index contributed by atoms with van der Waals surface area (Å²) >= 11 is 0. The van der Waals surface area contributed by atoms with Crippen LogP contribution >= 0.6 is 0 Å². The van der Waals surface area contributed by atoms with E-state index in [1.165, 1.54) is 0 Å². The smallest absolute Gasteiger partial charge is 0.265 e. The number of anilines is 1. The van der Waals surface area contributed by atoms with Crippen LogP contribution in [0.2, 0.25) is 0 Å². The quantitative estimate of drug-likeness (QED) is 0.882. The lowest BCUT2D eigenvalue weighted by molar-refractivity contribution is -0.122. The van der Waals surface area contributed by atoms with Gasteiger partial charge in [0.25, 0.3) is 11.8 Å². The highest BCUT2D eigenvalue weighted by Gasteiger charge is 2.24. The molecule has 2 aromatic rings. The van der Waals surface area contributed by atoms with E-state index in [2.05, 4.69) is 10.2 Å². The molecule has 1 aliphatic heterocycles. The molecule has 0 bridgehead atoms. The first-order chi connectivity index (χ1) is 13.0. The number of piperazine rings is 1. The second kappa shape index (κ2) is 8.68.